The van der Waals surface area contributed by atoms with Crippen molar-refractivity contribution in [3.8, 4) is 0 Å². The van der Waals surface area contributed by atoms with Gasteiger partial charge in [0.1, 0.15) is 0 Å². The van der Waals surface area contributed by atoms with Crippen LogP contribution in [0.25, 0.3) is 0 Å². The van der Waals surface area contributed by atoms with Crippen molar-refractivity contribution in [1.82, 2.24) is 5.32 Å². The quantitative estimate of drug-likeness (QED) is 0.769. The zero-order chi connectivity index (χ0) is 12.5. The number of sulfonamides is 1. The van der Waals surface area contributed by atoms with Crippen LogP contribution in [-0.2, 0) is 10.0 Å². The molecule has 0 atom stereocenters. The van der Waals surface area contributed by atoms with E-state index in [0.29, 0.717) is 16.8 Å². The molecular formula is C10H14ClN3O2S. The van der Waals surface area contributed by atoms with Crippen LogP contribution < -0.4 is 15.4 Å². The van der Waals surface area contributed by atoms with Gasteiger partial charge in [-0.3, -0.25) is 4.72 Å². The van der Waals surface area contributed by atoms with E-state index < -0.39 is 10.0 Å². The van der Waals surface area contributed by atoms with E-state index >= 15 is 0 Å². The van der Waals surface area contributed by atoms with Crippen LogP contribution in [0.15, 0.2) is 18.2 Å². The van der Waals surface area contributed by atoms with E-state index in [4.69, 9.17) is 11.6 Å². The van der Waals surface area contributed by atoms with E-state index in [1.54, 1.807) is 18.2 Å². The molecule has 1 saturated heterocycles. The van der Waals surface area contributed by atoms with Gasteiger partial charge in [-0.05, 0) is 18.2 Å². The first-order valence-electron chi connectivity index (χ1n) is 5.19. The smallest absolute Gasteiger partial charge is 0.229 e. The lowest BCUT2D eigenvalue weighted by atomic mass is 10.1. The van der Waals surface area contributed by atoms with Gasteiger partial charge in [-0.25, -0.2) is 8.42 Å². The summed E-state index contributed by atoms with van der Waals surface area (Å²) in [5.41, 5.74) is 1.25. The van der Waals surface area contributed by atoms with Crippen LogP contribution in [0.3, 0.4) is 0 Å². The maximum absolute atomic E-state index is 11.1. The van der Waals surface area contributed by atoms with Gasteiger partial charge in [0.25, 0.3) is 0 Å². The summed E-state index contributed by atoms with van der Waals surface area (Å²) in [5, 5.41) is 6.96. The molecule has 7 heteroatoms. The molecule has 1 aromatic rings. The number of halogens is 1. The summed E-state index contributed by atoms with van der Waals surface area (Å²) >= 11 is 6.03. The fourth-order valence-electron chi connectivity index (χ4n) is 1.52. The normalized spacial score (nSPS) is 16.4. The second-order valence-electron chi connectivity index (χ2n) is 4.07. The van der Waals surface area contributed by atoms with Gasteiger partial charge in [0.15, 0.2) is 0 Å². The summed E-state index contributed by atoms with van der Waals surface area (Å²) in [6.45, 7) is 1.78. The maximum Gasteiger partial charge on any atom is 0.229 e. The molecule has 0 bridgehead atoms. The molecule has 94 valence electrons. The Balaban J connectivity index is 2.16. The third-order valence-corrected chi connectivity index (χ3v) is 3.35. The van der Waals surface area contributed by atoms with Crippen LogP contribution in [0.4, 0.5) is 11.4 Å². The van der Waals surface area contributed by atoms with E-state index in [0.717, 1.165) is 25.0 Å². The Hall–Kier alpha value is -0.980. The summed E-state index contributed by atoms with van der Waals surface area (Å²) in [6.07, 6.45) is 1.12. The third kappa shape index (κ3) is 3.49. The SMILES string of the molecule is CS(=O)(=O)Nc1ccc(Cl)c(NC2CNC2)c1. The highest BCUT2D eigenvalue weighted by molar-refractivity contribution is 7.92. The lowest BCUT2D eigenvalue weighted by Crippen LogP contribution is -2.51. The van der Waals surface area contributed by atoms with Crippen molar-refractivity contribution in [3.63, 3.8) is 0 Å². The average molecular weight is 276 g/mol. The van der Waals surface area contributed by atoms with Crippen LogP contribution in [0.1, 0.15) is 0 Å². The van der Waals surface area contributed by atoms with E-state index in [1.807, 2.05) is 0 Å². The van der Waals surface area contributed by atoms with Gasteiger partial charge < -0.3 is 10.6 Å². The predicted molar refractivity (Wildman–Crippen MR) is 70.2 cm³/mol. The fourth-order valence-corrected chi connectivity index (χ4v) is 2.25. The van der Waals surface area contributed by atoms with E-state index in [9.17, 15) is 8.42 Å². The molecule has 0 amide bonds. The molecule has 0 radical (unpaired) electrons. The lowest BCUT2D eigenvalue weighted by Gasteiger charge is -2.29. The number of anilines is 2. The molecule has 2 rings (SSSR count). The van der Waals surface area contributed by atoms with Crippen LogP contribution in [0.2, 0.25) is 5.02 Å². The van der Waals surface area contributed by atoms with Gasteiger partial charge in [0.2, 0.25) is 10.0 Å². The summed E-state index contributed by atoms with van der Waals surface area (Å²) in [5.74, 6) is 0. The molecule has 0 spiro atoms. The van der Waals surface area contributed by atoms with Crippen molar-refractivity contribution in [1.29, 1.82) is 0 Å². The highest BCUT2D eigenvalue weighted by atomic mass is 35.5. The molecule has 0 aliphatic carbocycles. The molecule has 0 aromatic heterocycles. The molecule has 17 heavy (non-hydrogen) atoms. The summed E-state index contributed by atoms with van der Waals surface area (Å²) in [4.78, 5) is 0. The van der Waals surface area contributed by atoms with Crippen molar-refractivity contribution < 1.29 is 8.42 Å². The van der Waals surface area contributed by atoms with Crippen molar-refractivity contribution in [2.45, 2.75) is 6.04 Å². The summed E-state index contributed by atoms with van der Waals surface area (Å²) in [7, 11) is -3.26. The predicted octanol–water partition coefficient (Wildman–Crippen LogP) is 1.10. The zero-order valence-electron chi connectivity index (χ0n) is 9.33. The van der Waals surface area contributed by atoms with Crippen LogP contribution in [0.5, 0.6) is 0 Å². The first-order valence-corrected chi connectivity index (χ1v) is 7.45. The largest absolute Gasteiger partial charge is 0.378 e. The van der Waals surface area contributed by atoms with Gasteiger partial charge >= 0.3 is 0 Å². The molecule has 1 aromatic carbocycles. The Morgan fingerprint density at radius 3 is 2.65 bits per heavy atom. The van der Waals surface area contributed by atoms with Crippen LogP contribution in [-0.4, -0.2) is 33.8 Å². The molecule has 0 unspecified atom stereocenters. The van der Waals surface area contributed by atoms with Gasteiger partial charge in [0.05, 0.1) is 28.7 Å². The van der Waals surface area contributed by atoms with Crippen molar-refractivity contribution in [2.24, 2.45) is 0 Å². The Morgan fingerprint density at radius 2 is 2.12 bits per heavy atom. The monoisotopic (exact) mass is 275 g/mol. The zero-order valence-corrected chi connectivity index (χ0v) is 10.9. The molecule has 1 heterocycles. The van der Waals surface area contributed by atoms with Crippen LogP contribution in [0, 0.1) is 0 Å². The highest BCUT2D eigenvalue weighted by Crippen LogP contribution is 2.26. The summed E-state index contributed by atoms with van der Waals surface area (Å²) in [6, 6.07) is 5.35. The lowest BCUT2D eigenvalue weighted by molar-refractivity contribution is 0.472. The minimum Gasteiger partial charge on any atom is -0.378 e. The number of benzene rings is 1. The van der Waals surface area contributed by atoms with E-state index in [2.05, 4.69) is 15.4 Å². The number of nitrogens with one attached hydrogen (secondary N) is 3. The minimum atomic E-state index is -3.26. The average Bonchev–Trinajstić information content (AvgIpc) is 2.14. The van der Waals surface area contributed by atoms with Gasteiger partial charge in [0, 0.05) is 13.1 Å². The Morgan fingerprint density at radius 1 is 1.41 bits per heavy atom. The van der Waals surface area contributed by atoms with Crippen molar-refractivity contribution in [2.75, 3.05) is 29.4 Å². The molecule has 0 saturated carbocycles. The first-order chi connectivity index (χ1) is 7.94. The molecular weight excluding hydrogens is 262 g/mol. The Kier molecular flexibility index (Phi) is 3.46. The maximum atomic E-state index is 11.1. The minimum absolute atomic E-state index is 0.348. The van der Waals surface area contributed by atoms with E-state index in [-0.39, 0.29) is 0 Å². The van der Waals surface area contributed by atoms with Gasteiger partial charge in [-0.2, -0.15) is 0 Å². The number of rotatable bonds is 4. The third-order valence-electron chi connectivity index (χ3n) is 2.41. The Labute approximate surface area is 106 Å². The molecule has 1 aliphatic heterocycles. The number of hydrogen-bond acceptors (Lipinski definition) is 4. The van der Waals surface area contributed by atoms with Crippen molar-refractivity contribution >= 4 is 33.0 Å². The molecule has 1 aliphatic rings. The van der Waals surface area contributed by atoms with E-state index in [1.165, 1.54) is 0 Å². The molecule has 1 fully saturated rings. The number of hydrogen-bond donors (Lipinski definition) is 3. The second kappa shape index (κ2) is 4.72. The van der Waals surface area contributed by atoms with Gasteiger partial charge in [-0.15, -0.1) is 0 Å². The topological polar surface area (TPSA) is 70.2 Å². The molecule has 3 N–H and O–H groups in total. The highest BCUT2D eigenvalue weighted by Gasteiger charge is 2.17. The molecule has 5 nitrogen and oxygen atoms in total. The van der Waals surface area contributed by atoms with Crippen molar-refractivity contribution in [3.05, 3.63) is 23.2 Å². The van der Waals surface area contributed by atoms with Gasteiger partial charge in [-0.1, -0.05) is 11.6 Å². The standard InChI is InChI=1S/C10H14ClN3O2S/c1-17(15,16)14-7-2-3-9(11)10(4-7)13-8-5-12-6-8/h2-4,8,12-14H,5-6H2,1H3. The fraction of sp³-hybridized carbons (Fsp3) is 0.400. The Bertz CT molecular complexity index is 514. The van der Waals surface area contributed by atoms with Crippen LogP contribution >= 0.6 is 11.6 Å². The second-order valence-corrected chi connectivity index (χ2v) is 6.22. The summed E-state index contributed by atoms with van der Waals surface area (Å²) < 4.78 is 24.6. The first kappa shape index (κ1) is 12.5.